The Hall–Kier alpha value is -1.39. The van der Waals surface area contributed by atoms with E-state index in [1.165, 1.54) is 0 Å². The molecule has 13 heavy (non-hydrogen) atoms. The van der Waals surface area contributed by atoms with Gasteiger partial charge in [0.15, 0.2) is 0 Å². The number of primary amides is 1. The molecule has 0 heterocycles. The number of ether oxygens (including phenoxy) is 1. The summed E-state index contributed by atoms with van der Waals surface area (Å²) in [5.74, 6) is -0.522. The minimum atomic E-state index is -0.589. The molecule has 1 atom stereocenters. The van der Waals surface area contributed by atoms with E-state index in [9.17, 15) is 4.79 Å². The summed E-state index contributed by atoms with van der Waals surface area (Å²) < 4.78 is 4.99. The van der Waals surface area contributed by atoms with Gasteiger partial charge in [0.05, 0.1) is 0 Å². The lowest BCUT2D eigenvalue weighted by Crippen LogP contribution is -2.23. The van der Waals surface area contributed by atoms with E-state index < -0.39 is 12.1 Å². The van der Waals surface area contributed by atoms with E-state index in [-0.39, 0.29) is 6.61 Å². The van der Waals surface area contributed by atoms with Crippen molar-refractivity contribution in [2.24, 2.45) is 11.5 Å². The zero-order valence-corrected chi connectivity index (χ0v) is 7.14. The van der Waals surface area contributed by atoms with Crippen LogP contribution in [0.1, 0.15) is 11.8 Å². The fraction of sp³-hybridized carbons (Fsp3) is 0.222. The largest absolute Gasteiger partial charge is 0.368 e. The number of carbonyl (C=O) groups is 1. The van der Waals surface area contributed by atoms with Crippen LogP contribution in [0.5, 0.6) is 0 Å². The summed E-state index contributed by atoms with van der Waals surface area (Å²) in [4.78, 5) is 10.4. The second-order valence-corrected chi connectivity index (χ2v) is 2.61. The molecule has 0 aliphatic carbocycles. The average molecular weight is 180 g/mol. The van der Waals surface area contributed by atoms with Gasteiger partial charge in [-0.3, -0.25) is 4.79 Å². The van der Waals surface area contributed by atoms with Crippen molar-refractivity contribution < 1.29 is 9.53 Å². The third kappa shape index (κ3) is 3.23. The lowest BCUT2D eigenvalue weighted by molar-refractivity contribution is -0.124. The molecule has 0 aliphatic heterocycles. The molecular formula is C9H12N2O2. The van der Waals surface area contributed by atoms with Gasteiger partial charge in [0, 0.05) is 0 Å². The smallest absolute Gasteiger partial charge is 0.243 e. The molecular weight excluding hydrogens is 168 g/mol. The van der Waals surface area contributed by atoms with Crippen molar-refractivity contribution in [1.82, 2.24) is 0 Å². The van der Waals surface area contributed by atoms with E-state index in [0.29, 0.717) is 0 Å². The predicted molar refractivity (Wildman–Crippen MR) is 48.5 cm³/mol. The molecule has 1 unspecified atom stereocenters. The van der Waals surface area contributed by atoms with Gasteiger partial charge < -0.3 is 16.2 Å². The number of amides is 1. The van der Waals surface area contributed by atoms with Crippen LogP contribution < -0.4 is 11.5 Å². The van der Waals surface area contributed by atoms with Crippen molar-refractivity contribution in [2.75, 3.05) is 6.61 Å². The Morgan fingerprint density at radius 2 is 2.00 bits per heavy atom. The van der Waals surface area contributed by atoms with Gasteiger partial charge in [0.2, 0.25) is 5.91 Å². The van der Waals surface area contributed by atoms with E-state index in [0.717, 1.165) is 5.56 Å². The number of benzene rings is 1. The maximum Gasteiger partial charge on any atom is 0.243 e. The molecule has 4 heteroatoms. The van der Waals surface area contributed by atoms with Crippen LogP contribution in [0, 0.1) is 0 Å². The van der Waals surface area contributed by atoms with Gasteiger partial charge in [-0.05, 0) is 5.56 Å². The molecule has 1 rings (SSSR count). The Kier molecular flexibility index (Phi) is 3.42. The molecule has 0 bridgehead atoms. The minimum Gasteiger partial charge on any atom is -0.368 e. The number of hydrogen-bond acceptors (Lipinski definition) is 3. The molecule has 1 aromatic carbocycles. The molecule has 0 fully saturated rings. The minimum absolute atomic E-state index is 0.157. The van der Waals surface area contributed by atoms with Crippen LogP contribution in [-0.2, 0) is 9.53 Å². The Morgan fingerprint density at radius 1 is 1.38 bits per heavy atom. The topological polar surface area (TPSA) is 78.3 Å². The highest BCUT2D eigenvalue weighted by Gasteiger charge is 2.05. The van der Waals surface area contributed by atoms with Gasteiger partial charge in [-0.1, -0.05) is 30.3 Å². The van der Waals surface area contributed by atoms with Gasteiger partial charge in [-0.2, -0.15) is 0 Å². The van der Waals surface area contributed by atoms with Crippen LogP contribution in [0.4, 0.5) is 0 Å². The van der Waals surface area contributed by atoms with Gasteiger partial charge in [-0.15, -0.1) is 0 Å². The molecule has 0 saturated carbocycles. The van der Waals surface area contributed by atoms with Gasteiger partial charge >= 0.3 is 0 Å². The Bertz CT molecular complexity index is 274. The molecule has 4 N–H and O–H groups in total. The summed E-state index contributed by atoms with van der Waals surface area (Å²) in [7, 11) is 0. The Labute approximate surface area is 76.5 Å². The molecule has 1 aromatic rings. The first-order valence-corrected chi connectivity index (χ1v) is 3.90. The van der Waals surface area contributed by atoms with Gasteiger partial charge in [0.1, 0.15) is 12.8 Å². The molecule has 4 nitrogen and oxygen atoms in total. The van der Waals surface area contributed by atoms with Crippen LogP contribution >= 0.6 is 0 Å². The van der Waals surface area contributed by atoms with Crippen molar-refractivity contribution in [2.45, 2.75) is 6.23 Å². The highest BCUT2D eigenvalue weighted by atomic mass is 16.5. The quantitative estimate of drug-likeness (QED) is 0.647. The molecule has 0 saturated heterocycles. The fourth-order valence-electron chi connectivity index (χ4n) is 0.911. The standard InChI is InChI=1S/C9H12N2O2/c10-8(12)6-13-9(11)7-4-2-1-3-5-7/h1-5,9H,6,11H2,(H2,10,12). The SMILES string of the molecule is NC(=O)COC(N)c1ccccc1. The predicted octanol–water partition coefficient (Wildman–Crippen LogP) is 0.146. The lowest BCUT2D eigenvalue weighted by Gasteiger charge is -2.11. The first kappa shape index (κ1) is 9.70. The van der Waals surface area contributed by atoms with Crippen molar-refractivity contribution in [1.29, 1.82) is 0 Å². The van der Waals surface area contributed by atoms with Crippen molar-refractivity contribution in [3.05, 3.63) is 35.9 Å². The number of rotatable bonds is 4. The second-order valence-electron chi connectivity index (χ2n) is 2.61. The first-order chi connectivity index (χ1) is 6.20. The van der Waals surface area contributed by atoms with Crippen LogP contribution in [0.15, 0.2) is 30.3 Å². The average Bonchev–Trinajstić information content (AvgIpc) is 2.15. The van der Waals surface area contributed by atoms with Crippen molar-refractivity contribution >= 4 is 5.91 Å². The zero-order chi connectivity index (χ0) is 9.68. The van der Waals surface area contributed by atoms with Crippen molar-refractivity contribution in [3.8, 4) is 0 Å². The Morgan fingerprint density at radius 3 is 2.54 bits per heavy atom. The molecule has 0 radical (unpaired) electrons. The fourth-order valence-corrected chi connectivity index (χ4v) is 0.911. The van der Waals surface area contributed by atoms with E-state index in [2.05, 4.69) is 0 Å². The third-order valence-corrected chi connectivity index (χ3v) is 1.53. The number of carbonyl (C=O) groups excluding carboxylic acids is 1. The molecule has 0 aliphatic rings. The zero-order valence-electron chi connectivity index (χ0n) is 7.14. The molecule has 0 aromatic heterocycles. The molecule has 0 spiro atoms. The Balaban J connectivity index is 2.49. The van der Waals surface area contributed by atoms with Gasteiger partial charge in [-0.25, -0.2) is 0 Å². The highest BCUT2D eigenvalue weighted by Crippen LogP contribution is 2.09. The monoisotopic (exact) mass is 180 g/mol. The maximum absolute atomic E-state index is 10.4. The van der Waals surface area contributed by atoms with E-state index in [1.54, 1.807) is 0 Å². The summed E-state index contributed by atoms with van der Waals surface area (Å²) in [6.07, 6.45) is -0.589. The van der Waals surface area contributed by atoms with Gasteiger partial charge in [0.25, 0.3) is 0 Å². The summed E-state index contributed by atoms with van der Waals surface area (Å²) in [6, 6.07) is 9.23. The van der Waals surface area contributed by atoms with Crippen molar-refractivity contribution in [3.63, 3.8) is 0 Å². The number of nitrogens with two attached hydrogens (primary N) is 2. The van der Waals surface area contributed by atoms with Crippen LogP contribution in [0.25, 0.3) is 0 Å². The van der Waals surface area contributed by atoms with E-state index in [1.807, 2.05) is 30.3 Å². The van der Waals surface area contributed by atoms with Crippen LogP contribution in [0.2, 0.25) is 0 Å². The van der Waals surface area contributed by atoms with E-state index in [4.69, 9.17) is 16.2 Å². The summed E-state index contributed by atoms with van der Waals surface area (Å²) in [5.41, 5.74) is 11.3. The normalized spacial score (nSPS) is 12.4. The lowest BCUT2D eigenvalue weighted by atomic mass is 10.2. The van der Waals surface area contributed by atoms with Crippen LogP contribution in [-0.4, -0.2) is 12.5 Å². The summed E-state index contributed by atoms with van der Waals surface area (Å²) >= 11 is 0. The van der Waals surface area contributed by atoms with E-state index >= 15 is 0 Å². The van der Waals surface area contributed by atoms with Crippen LogP contribution in [0.3, 0.4) is 0 Å². The molecule has 1 amide bonds. The molecule has 70 valence electrons. The third-order valence-electron chi connectivity index (χ3n) is 1.53. The first-order valence-electron chi connectivity index (χ1n) is 3.90. The summed E-state index contributed by atoms with van der Waals surface area (Å²) in [5, 5.41) is 0. The number of hydrogen-bond donors (Lipinski definition) is 2. The second kappa shape index (κ2) is 4.59. The maximum atomic E-state index is 10.4. The highest BCUT2D eigenvalue weighted by molar-refractivity contribution is 5.75. The summed E-state index contributed by atoms with van der Waals surface area (Å²) in [6.45, 7) is -0.157.